The molecule has 0 fully saturated rings. The SMILES string of the molecule is Cc1ccc(CCCC(=O)N2C=C(C(=O)O)c3[nH]c4ccccc4c3CC2)cc1. The lowest BCUT2D eigenvalue weighted by Gasteiger charge is -2.17. The van der Waals surface area contributed by atoms with Crippen LogP contribution in [0.5, 0.6) is 0 Å². The topological polar surface area (TPSA) is 73.4 Å². The van der Waals surface area contributed by atoms with Crippen LogP contribution in [-0.2, 0) is 22.4 Å². The number of aliphatic carboxylic acids is 1. The van der Waals surface area contributed by atoms with Gasteiger partial charge in [0.15, 0.2) is 0 Å². The number of carboxylic acid groups (broad SMARTS) is 1. The molecule has 0 unspecified atom stereocenters. The van der Waals surface area contributed by atoms with Crippen LogP contribution < -0.4 is 0 Å². The zero-order valence-electron chi connectivity index (χ0n) is 16.4. The number of amides is 1. The average Bonchev–Trinajstić information content (AvgIpc) is 2.96. The molecular formula is C24H24N2O3. The minimum Gasteiger partial charge on any atom is -0.478 e. The Morgan fingerprint density at radius 1 is 1.10 bits per heavy atom. The van der Waals surface area contributed by atoms with E-state index in [-0.39, 0.29) is 11.5 Å². The third-order valence-corrected chi connectivity index (χ3v) is 5.50. The number of H-pyrrole nitrogens is 1. The van der Waals surface area contributed by atoms with Crippen molar-refractivity contribution >= 4 is 28.4 Å². The molecule has 5 heteroatoms. The number of carboxylic acids is 1. The summed E-state index contributed by atoms with van der Waals surface area (Å²) in [7, 11) is 0. The Hall–Kier alpha value is -3.34. The van der Waals surface area contributed by atoms with Crippen molar-refractivity contribution in [3.8, 4) is 0 Å². The molecular weight excluding hydrogens is 364 g/mol. The van der Waals surface area contributed by atoms with Crippen LogP contribution >= 0.6 is 0 Å². The number of aromatic nitrogens is 1. The van der Waals surface area contributed by atoms with Crippen molar-refractivity contribution in [3.05, 3.63) is 77.1 Å². The first-order valence-electron chi connectivity index (χ1n) is 9.93. The third kappa shape index (κ3) is 3.94. The van der Waals surface area contributed by atoms with E-state index in [9.17, 15) is 14.7 Å². The fourth-order valence-electron chi connectivity index (χ4n) is 3.91. The summed E-state index contributed by atoms with van der Waals surface area (Å²) < 4.78 is 0. The molecule has 4 rings (SSSR count). The number of carbonyl (C=O) groups is 2. The summed E-state index contributed by atoms with van der Waals surface area (Å²) in [5, 5.41) is 10.8. The van der Waals surface area contributed by atoms with Gasteiger partial charge in [-0.3, -0.25) is 4.79 Å². The molecule has 0 saturated heterocycles. The number of nitrogens with zero attached hydrogens (tertiary/aromatic N) is 1. The van der Waals surface area contributed by atoms with Crippen LogP contribution in [0.15, 0.2) is 54.7 Å². The molecule has 0 aliphatic carbocycles. The number of nitrogens with one attached hydrogen (secondary N) is 1. The summed E-state index contributed by atoms with van der Waals surface area (Å²) in [6.45, 7) is 2.53. The molecule has 0 spiro atoms. The van der Waals surface area contributed by atoms with Crippen LogP contribution in [0.4, 0.5) is 0 Å². The van der Waals surface area contributed by atoms with Gasteiger partial charge in [0, 0.05) is 30.1 Å². The van der Waals surface area contributed by atoms with Crippen LogP contribution in [-0.4, -0.2) is 33.4 Å². The van der Waals surface area contributed by atoms with Gasteiger partial charge in [-0.2, -0.15) is 0 Å². The van der Waals surface area contributed by atoms with Gasteiger partial charge in [-0.1, -0.05) is 48.0 Å². The normalized spacial score (nSPS) is 13.7. The Balaban J connectivity index is 1.50. The summed E-state index contributed by atoms with van der Waals surface area (Å²) in [5.74, 6) is -1.07. The zero-order valence-corrected chi connectivity index (χ0v) is 16.4. The maximum atomic E-state index is 12.8. The predicted octanol–water partition coefficient (Wildman–Crippen LogP) is 4.31. The van der Waals surface area contributed by atoms with Crippen LogP contribution in [0.2, 0.25) is 0 Å². The number of aryl methyl sites for hydroxylation is 2. The number of rotatable bonds is 5. The Kier molecular flexibility index (Phi) is 5.21. The van der Waals surface area contributed by atoms with Gasteiger partial charge in [0.1, 0.15) is 0 Å². The second-order valence-corrected chi connectivity index (χ2v) is 7.55. The Labute approximate surface area is 169 Å². The summed E-state index contributed by atoms with van der Waals surface area (Å²) in [5.41, 5.74) is 5.06. The molecule has 148 valence electrons. The van der Waals surface area contributed by atoms with Gasteiger partial charge >= 0.3 is 5.97 Å². The number of benzene rings is 2. The van der Waals surface area contributed by atoms with Crippen molar-refractivity contribution in [1.29, 1.82) is 0 Å². The highest BCUT2D eigenvalue weighted by atomic mass is 16.4. The molecule has 0 saturated carbocycles. The van der Waals surface area contributed by atoms with Crippen molar-refractivity contribution in [1.82, 2.24) is 9.88 Å². The predicted molar refractivity (Wildman–Crippen MR) is 113 cm³/mol. The standard InChI is InChI=1S/C24H24N2O3/c1-16-9-11-17(12-10-16)5-4-8-22(27)26-14-13-19-18-6-2-3-7-21(18)25-23(19)20(15-26)24(28)29/h2-3,6-7,9-12,15,25H,4-5,8,13-14H2,1H3,(H,28,29). The summed E-state index contributed by atoms with van der Waals surface area (Å²) >= 11 is 0. The Morgan fingerprint density at radius 2 is 1.86 bits per heavy atom. The lowest BCUT2D eigenvalue weighted by atomic mass is 10.0. The van der Waals surface area contributed by atoms with E-state index >= 15 is 0 Å². The molecule has 1 aliphatic heterocycles. The molecule has 2 N–H and O–H groups in total. The van der Waals surface area contributed by atoms with E-state index in [4.69, 9.17) is 0 Å². The lowest BCUT2D eigenvalue weighted by molar-refractivity contribution is -0.130. The van der Waals surface area contributed by atoms with Crippen molar-refractivity contribution < 1.29 is 14.7 Å². The maximum Gasteiger partial charge on any atom is 0.339 e. The number of para-hydroxylation sites is 1. The van der Waals surface area contributed by atoms with Gasteiger partial charge in [0.25, 0.3) is 0 Å². The van der Waals surface area contributed by atoms with Crippen molar-refractivity contribution in [2.24, 2.45) is 0 Å². The van der Waals surface area contributed by atoms with E-state index in [0.29, 0.717) is 25.1 Å². The third-order valence-electron chi connectivity index (χ3n) is 5.50. The Bertz CT molecular complexity index is 1090. The minimum atomic E-state index is -1.03. The smallest absolute Gasteiger partial charge is 0.339 e. The molecule has 1 aromatic heterocycles. The fraction of sp³-hybridized carbons (Fsp3) is 0.250. The van der Waals surface area contributed by atoms with E-state index in [1.54, 1.807) is 4.90 Å². The van der Waals surface area contributed by atoms with E-state index < -0.39 is 5.97 Å². The quantitative estimate of drug-likeness (QED) is 0.684. The van der Waals surface area contributed by atoms with E-state index in [0.717, 1.165) is 29.3 Å². The molecule has 0 radical (unpaired) electrons. The van der Waals surface area contributed by atoms with Crippen molar-refractivity contribution in [2.45, 2.75) is 32.6 Å². The fourth-order valence-corrected chi connectivity index (χ4v) is 3.91. The largest absolute Gasteiger partial charge is 0.478 e. The van der Waals surface area contributed by atoms with Crippen LogP contribution in [0.1, 0.15) is 35.2 Å². The monoisotopic (exact) mass is 388 g/mol. The molecule has 2 heterocycles. The Morgan fingerprint density at radius 3 is 2.62 bits per heavy atom. The van der Waals surface area contributed by atoms with E-state index in [1.165, 1.54) is 17.3 Å². The first kappa shape index (κ1) is 19.0. The number of fused-ring (bicyclic) bond motifs is 3. The number of aromatic amines is 1. The number of carbonyl (C=O) groups excluding carboxylic acids is 1. The van der Waals surface area contributed by atoms with Crippen LogP contribution in [0.25, 0.3) is 16.5 Å². The maximum absolute atomic E-state index is 12.8. The number of hydrogen-bond acceptors (Lipinski definition) is 2. The molecule has 2 aromatic carbocycles. The van der Waals surface area contributed by atoms with Gasteiger partial charge in [0.2, 0.25) is 5.91 Å². The molecule has 29 heavy (non-hydrogen) atoms. The van der Waals surface area contributed by atoms with E-state index in [1.807, 2.05) is 24.3 Å². The number of hydrogen-bond donors (Lipinski definition) is 2. The molecule has 0 atom stereocenters. The highest BCUT2D eigenvalue weighted by Gasteiger charge is 2.25. The van der Waals surface area contributed by atoms with Gasteiger partial charge in [-0.05, 0) is 43.4 Å². The highest BCUT2D eigenvalue weighted by Crippen LogP contribution is 2.31. The second-order valence-electron chi connectivity index (χ2n) is 7.55. The van der Waals surface area contributed by atoms with Gasteiger partial charge in [0.05, 0.1) is 11.3 Å². The first-order valence-corrected chi connectivity index (χ1v) is 9.93. The van der Waals surface area contributed by atoms with Gasteiger partial charge < -0.3 is 15.0 Å². The molecule has 3 aromatic rings. The molecule has 1 amide bonds. The minimum absolute atomic E-state index is 0.0367. The summed E-state index contributed by atoms with van der Waals surface area (Å²) in [4.78, 5) is 29.5. The van der Waals surface area contributed by atoms with Crippen LogP contribution in [0, 0.1) is 6.92 Å². The zero-order chi connectivity index (χ0) is 20.4. The van der Waals surface area contributed by atoms with Gasteiger partial charge in [-0.15, -0.1) is 0 Å². The lowest BCUT2D eigenvalue weighted by Crippen LogP contribution is -2.27. The van der Waals surface area contributed by atoms with E-state index in [2.05, 4.69) is 36.2 Å². The molecule has 0 bridgehead atoms. The average molecular weight is 388 g/mol. The van der Waals surface area contributed by atoms with Crippen molar-refractivity contribution in [3.63, 3.8) is 0 Å². The molecule has 5 nitrogen and oxygen atoms in total. The summed E-state index contributed by atoms with van der Waals surface area (Å²) in [6, 6.07) is 16.1. The first-order chi connectivity index (χ1) is 14.0. The summed E-state index contributed by atoms with van der Waals surface area (Å²) in [6.07, 6.45) is 4.09. The van der Waals surface area contributed by atoms with Crippen molar-refractivity contribution in [2.75, 3.05) is 6.54 Å². The highest BCUT2D eigenvalue weighted by molar-refractivity contribution is 6.17. The second kappa shape index (κ2) is 7.95. The van der Waals surface area contributed by atoms with Crippen LogP contribution in [0.3, 0.4) is 0 Å². The van der Waals surface area contributed by atoms with Gasteiger partial charge in [-0.25, -0.2) is 4.79 Å². The molecule has 1 aliphatic rings.